The van der Waals surface area contributed by atoms with Gasteiger partial charge in [0.1, 0.15) is 0 Å². The second-order valence-corrected chi connectivity index (χ2v) is 4.49. The second kappa shape index (κ2) is 4.79. The minimum Gasteiger partial charge on any atom is -0.355 e. The van der Waals surface area contributed by atoms with Crippen LogP contribution in [0.4, 0.5) is 5.82 Å². The van der Waals surface area contributed by atoms with E-state index in [9.17, 15) is 0 Å². The minimum atomic E-state index is 0.727. The Bertz CT molecular complexity index is 312. The first-order valence-corrected chi connectivity index (χ1v) is 5.94. The lowest BCUT2D eigenvalue weighted by molar-refractivity contribution is 0.572. The highest BCUT2D eigenvalue weighted by atomic mass is 35.5. The third kappa shape index (κ3) is 2.59. The van der Waals surface area contributed by atoms with Gasteiger partial charge in [0.15, 0.2) is 5.82 Å². The van der Waals surface area contributed by atoms with Crippen LogP contribution in [0.5, 0.6) is 0 Å². The number of aromatic nitrogens is 2. The molecule has 0 aliphatic carbocycles. The molecule has 2 rings (SSSR count). The van der Waals surface area contributed by atoms with E-state index < -0.39 is 0 Å². The van der Waals surface area contributed by atoms with Crippen LogP contribution in [0, 0.1) is 12.8 Å². The number of hydrogen-bond acceptors (Lipinski definition) is 3. The molecule has 15 heavy (non-hydrogen) atoms. The van der Waals surface area contributed by atoms with Crippen molar-refractivity contribution in [3.63, 3.8) is 0 Å². The largest absolute Gasteiger partial charge is 0.355 e. The minimum absolute atomic E-state index is 0.727. The zero-order valence-electron chi connectivity index (χ0n) is 8.99. The summed E-state index contributed by atoms with van der Waals surface area (Å²) in [6, 6.07) is 4.06. The molecule has 0 bridgehead atoms. The van der Waals surface area contributed by atoms with E-state index in [4.69, 9.17) is 11.6 Å². The fourth-order valence-corrected chi connectivity index (χ4v) is 2.30. The van der Waals surface area contributed by atoms with Crippen molar-refractivity contribution in [2.75, 3.05) is 23.9 Å². The highest BCUT2D eigenvalue weighted by Crippen LogP contribution is 2.23. The van der Waals surface area contributed by atoms with E-state index in [-0.39, 0.29) is 0 Å². The lowest BCUT2D eigenvalue weighted by Gasteiger charge is -2.16. The van der Waals surface area contributed by atoms with Crippen LogP contribution in [0.1, 0.15) is 18.5 Å². The molecule has 0 amide bonds. The van der Waals surface area contributed by atoms with Gasteiger partial charge in [-0.1, -0.05) is 0 Å². The van der Waals surface area contributed by atoms with Crippen molar-refractivity contribution in [1.82, 2.24) is 10.2 Å². The monoisotopic (exact) mass is 225 g/mol. The van der Waals surface area contributed by atoms with Crippen LogP contribution in [0.15, 0.2) is 12.1 Å². The molecule has 1 aliphatic rings. The van der Waals surface area contributed by atoms with Crippen molar-refractivity contribution >= 4 is 17.4 Å². The Balaban J connectivity index is 1.98. The Labute approximate surface area is 95.5 Å². The fraction of sp³-hybridized carbons (Fsp3) is 0.636. The Morgan fingerprint density at radius 2 is 2.33 bits per heavy atom. The van der Waals surface area contributed by atoms with Gasteiger partial charge in [-0.05, 0) is 37.8 Å². The van der Waals surface area contributed by atoms with Gasteiger partial charge in [-0.2, -0.15) is 5.10 Å². The van der Waals surface area contributed by atoms with Crippen molar-refractivity contribution in [3.05, 3.63) is 17.8 Å². The standard InChI is InChI=1S/C11H16ClN3/c1-9-2-3-11(14-13-9)15-7-5-10(8-15)4-6-12/h2-3,10H,4-8H2,1H3. The van der Waals surface area contributed by atoms with E-state index >= 15 is 0 Å². The summed E-state index contributed by atoms with van der Waals surface area (Å²) >= 11 is 5.75. The summed E-state index contributed by atoms with van der Waals surface area (Å²) in [6.07, 6.45) is 2.33. The molecular formula is C11H16ClN3. The summed E-state index contributed by atoms with van der Waals surface area (Å²) in [5.41, 5.74) is 0.968. The normalized spacial score (nSPS) is 20.9. The Hall–Kier alpha value is -0.830. The summed E-state index contributed by atoms with van der Waals surface area (Å²) in [6.45, 7) is 4.11. The zero-order valence-corrected chi connectivity index (χ0v) is 9.74. The molecule has 4 heteroatoms. The van der Waals surface area contributed by atoms with Gasteiger partial charge in [-0.3, -0.25) is 0 Å². The maximum absolute atomic E-state index is 5.75. The summed E-state index contributed by atoms with van der Waals surface area (Å²) in [7, 11) is 0. The smallest absolute Gasteiger partial charge is 0.151 e. The van der Waals surface area contributed by atoms with Crippen LogP contribution in [-0.4, -0.2) is 29.2 Å². The van der Waals surface area contributed by atoms with Gasteiger partial charge in [0.25, 0.3) is 0 Å². The fourth-order valence-electron chi connectivity index (χ4n) is 1.99. The van der Waals surface area contributed by atoms with Gasteiger partial charge in [0, 0.05) is 19.0 Å². The SMILES string of the molecule is Cc1ccc(N2CCC(CCCl)C2)nn1. The van der Waals surface area contributed by atoms with Gasteiger partial charge in [0.2, 0.25) is 0 Å². The van der Waals surface area contributed by atoms with Crippen LogP contribution < -0.4 is 4.90 Å². The van der Waals surface area contributed by atoms with Gasteiger partial charge in [-0.25, -0.2) is 0 Å². The number of anilines is 1. The first kappa shape index (κ1) is 10.7. The van der Waals surface area contributed by atoms with E-state index in [1.54, 1.807) is 0 Å². The first-order chi connectivity index (χ1) is 7.29. The Morgan fingerprint density at radius 1 is 1.47 bits per heavy atom. The molecule has 82 valence electrons. The van der Waals surface area contributed by atoms with Crippen molar-refractivity contribution in [2.45, 2.75) is 19.8 Å². The van der Waals surface area contributed by atoms with Crippen LogP contribution >= 0.6 is 11.6 Å². The average Bonchev–Trinajstić information content (AvgIpc) is 2.68. The molecule has 1 aromatic heterocycles. The molecule has 1 atom stereocenters. The predicted molar refractivity (Wildman–Crippen MR) is 62.4 cm³/mol. The van der Waals surface area contributed by atoms with E-state index in [1.807, 2.05) is 19.1 Å². The van der Waals surface area contributed by atoms with Gasteiger partial charge >= 0.3 is 0 Å². The number of aryl methyl sites for hydroxylation is 1. The molecule has 0 N–H and O–H groups in total. The summed E-state index contributed by atoms with van der Waals surface area (Å²) < 4.78 is 0. The van der Waals surface area contributed by atoms with Gasteiger partial charge < -0.3 is 4.90 Å². The molecule has 3 nitrogen and oxygen atoms in total. The second-order valence-electron chi connectivity index (χ2n) is 4.11. The van der Waals surface area contributed by atoms with E-state index in [0.29, 0.717) is 0 Å². The van der Waals surface area contributed by atoms with E-state index in [0.717, 1.165) is 42.8 Å². The van der Waals surface area contributed by atoms with Crippen molar-refractivity contribution in [1.29, 1.82) is 0 Å². The number of rotatable bonds is 3. The maximum atomic E-state index is 5.75. The van der Waals surface area contributed by atoms with Crippen LogP contribution in [0.25, 0.3) is 0 Å². The third-order valence-corrected chi connectivity index (χ3v) is 3.13. The Kier molecular flexibility index (Phi) is 3.41. The lowest BCUT2D eigenvalue weighted by atomic mass is 10.1. The van der Waals surface area contributed by atoms with Crippen LogP contribution in [0.2, 0.25) is 0 Å². The molecule has 1 aliphatic heterocycles. The van der Waals surface area contributed by atoms with Gasteiger partial charge in [-0.15, -0.1) is 16.7 Å². The van der Waals surface area contributed by atoms with E-state index in [2.05, 4.69) is 15.1 Å². The molecule has 1 saturated heterocycles. The molecular weight excluding hydrogens is 210 g/mol. The molecule has 1 aromatic rings. The van der Waals surface area contributed by atoms with Crippen molar-refractivity contribution in [2.24, 2.45) is 5.92 Å². The zero-order chi connectivity index (χ0) is 10.7. The van der Waals surface area contributed by atoms with Crippen LogP contribution in [0.3, 0.4) is 0 Å². The van der Waals surface area contributed by atoms with Crippen molar-refractivity contribution in [3.8, 4) is 0 Å². The van der Waals surface area contributed by atoms with Gasteiger partial charge in [0.05, 0.1) is 5.69 Å². The average molecular weight is 226 g/mol. The molecule has 1 unspecified atom stereocenters. The Morgan fingerprint density at radius 3 is 3.00 bits per heavy atom. The van der Waals surface area contributed by atoms with Crippen molar-refractivity contribution < 1.29 is 0 Å². The topological polar surface area (TPSA) is 29.0 Å². The number of nitrogens with zero attached hydrogens (tertiary/aromatic N) is 3. The lowest BCUT2D eigenvalue weighted by Crippen LogP contribution is -2.21. The molecule has 0 aromatic carbocycles. The maximum Gasteiger partial charge on any atom is 0.151 e. The highest BCUT2D eigenvalue weighted by molar-refractivity contribution is 6.17. The number of alkyl halides is 1. The molecule has 0 radical (unpaired) electrons. The van der Waals surface area contributed by atoms with E-state index in [1.165, 1.54) is 6.42 Å². The quantitative estimate of drug-likeness (QED) is 0.739. The first-order valence-electron chi connectivity index (χ1n) is 5.41. The summed E-state index contributed by atoms with van der Waals surface area (Å²) in [5, 5.41) is 8.27. The summed E-state index contributed by atoms with van der Waals surface area (Å²) in [5.74, 6) is 2.49. The summed E-state index contributed by atoms with van der Waals surface area (Å²) in [4.78, 5) is 2.30. The molecule has 1 fully saturated rings. The third-order valence-electron chi connectivity index (χ3n) is 2.91. The van der Waals surface area contributed by atoms with Crippen LogP contribution in [-0.2, 0) is 0 Å². The molecule has 2 heterocycles. The number of halogens is 1. The molecule has 0 saturated carbocycles. The molecule has 0 spiro atoms. The predicted octanol–water partition coefficient (Wildman–Crippen LogP) is 2.24. The number of hydrogen-bond donors (Lipinski definition) is 0. The highest BCUT2D eigenvalue weighted by Gasteiger charge is 2.22.